The third kappa shape index (κ3) is 2.68. The number of benzene rings is 1. The van der Waals surface area contributed by atoms with Gasteiger partial charge in [-0.15, -0.1) is 0 Å². The van der Waals surface area contributed by atoms with E-state index < -0.39 is 0 Å². The maximum Gasteiger partial charge on any atom is 0.300 e. The highest BCUT2D eigenvalue weighted by Crippen LogP contribution is 2.27. The second kappa shape index (κ2) is 6.00. The molecule has 120 valence electrons. The SMILES string of the molecule is CCn1c(=NC(=O)c2nn(C)cc2C)sc2cccc(OC)c21. The van der Waals surface area contributed by atoms with Crippen molar-refractivity contribution in [1.29, 1.82) is 0 Å². The minimum absolute atomic E-state index is 0.323. The molecular formula is C16H18N4O2S. The van der Waals surface area contributed by atoms with Gasteiger partial charge in [0.25, 0.3) is 5.91 Å². The third-order valence-electron chi connectivity index (χ3n) is 3.61. The molecule has 2 aromatic heterocycles. The van der Waals surface area contributed by atoms with Crippen LogP contribution in [0.3, 0.4) is 0 Å². The zero-order chi connectivity index (χ0) is 16.6. The van der Waals surface area contributed by atoms with Gasteiger partial charge in [0.1, 0.15) is 11.3 Å². The Balaban J connectivity index is 2.19. The summed E-state index contributed by atoms with van der Waals surface area (Å²) in [5.41, 5.74) is 2.18. The number of carbonyl (C=O) groups excluding carboxylic acids is 1. The molecule has 7 heteroatoms. The van der Waals surface area contributed by atoms with Crippen LogP contribution in [0.2, 0.25) is 0 Å². The van der Waals surface area contributed by atoms with Gasteiger partial charge < -0.3 is 9.30 Å². The topological polar surface area (TPSA) is 61.4 Å². The van der Waals surface area contributed by atoms with Gasteiger partial charge in [0.05, 0.1) is 11.8 Å². The van der Waals surface area contributed by atoms with E-state index in [0.717, 1.165) is 21.5 Å². The predicted octanol–water partition coefficient (Wildman–Crippen LogP) is 2.51. The van der Waals surface area contributed by atoms with Gasteiger partial charge in [-0.05, 0) is 26.0 Å². The number of fused-ring (bicyclic) bond motifs is 1. The second-order valence-electron chi connectivity index (χ2n) is 5.19. The van der Waals surface area contributed by atoms with Crippen LogP contribution in [0.25, 0.3) is 10.2 Å². The second-order valence-corrected chi connectivity index (χ2v) is 6.20. The molecule has 6 nitrogen and oxygen atoms in total. The van der Waals surface area contributed by atoms with E-state index in [0.29, 0.717) is 17.0 Å². The van der Waals surface area contributed by atoms with Crippen molar-refractivity contribution in [2.45, 2.75) is 20.4 Å². The lowest BCUT2D eigenvalue weighted by molar-refractivity contribution is 0.0992. The van der Waals surface area contributed by atoms with Crippen molar-refractivity contribution < 1.29 is 9.53 Å². The van der Waals surface area contributed by atoms with Crippen LogP contribution >= 0.6 is 11.3 Å². The molecule has 0 saturated heterocycles. The highest BCUT2D eigenvalue weighted by atomic mass is 32.1. The standard InChI is InChI=1S/C16H18N4O2S/c1-5-20-14-11(22-4)7-6-8-12(14)23-16(20)17-15(21)13-10(2)9-19(3)18-13/h6-9H,5H2,1-4H3. The first-order valence-electron chi connectivity index (χ1n) is 7.30. The average molecular weight is 330 g/mol. The number of amides is 1. The molecule has 0 unspecified atom stereocenters. The maximum atomic E-state index is 12.5. The number of thiazole rings is 1. The zero-order valence-electron chi connectivity index (χ0n) is 13.5. The Hall–Kier alpha value is -2.41. The van der Waals surface area contributed by atoms with E-state index in [1.165, 1.54) is 11.3 Å². The fourth-order valence-electron chi connectivity index (χ4n) is 2.60. The average Bonchev–Trinajstić information content (AvgIpc) is 3.05. The van der Waals surface area contributed by atoms with Crippen molar-refractivity contribution in [2.24, 2.45) is 12.0 Å². The molecule has 0 aliphatic carbocycles. The number of aryl methyl sites for hydroxylation is 3. The lowest BCUT2D eigenvalue weighted by atomic mass is 10.3. The van der Waals surface area contributed by atoms with Crippen molar-refractivity contribution in [3.63, 3.8) is 0 Å². The molecule has 0 radical (unpaired) electrons. The molecular weight excluding hydrogens is 312 g/mol. The van der Waals surface area contributed by atoms with E-state index in [4.69, 9.17) is 4.74 Å². The van der Waals surface area contributed by atoms with Crippen molar-refractivity contribution in [2.75, 3.05) is 7.11 Å². The molecule has 0 saturated carbocycles. The van der Waals surface area contributed by atoms with Crippen molar-refractivity contribution in [1.82, 2.24) is 14.3 Å². The van der Waals surface area contributed by atoms with Crippen LogP contribution in [0.1, 0.15) is 23.0 Å². The Morgan fingerprint density at radius 2 is 2.22 bits per heavy atom. The highest BCUT2D eigenvalue weighted by Gasteiger charge is 2.15. The van der Waals surface area contributed by atoms with Crippen LogP contribution in [-0.4, -0.2) is 27.4 Å². The Labute approximate surface area is 137 Å². The van der Waals surface area contributed by atoms with Crippen molar-refractivity contribution in [3.05, 3.63) is 40.5 Å². The first-order chi connectivity index (χ1) is 11.0. The van der Waals surface area contributed by atoms with Crippen molar-refractivity contribution >= 4 is 27.5 Å². The number of hydrogen-bond acceptors (Lipinski definition) is 4. The van der Waals surface area contributed by atoms with Gasteiger partial charge in [-0.2, -0.15) is 10.1 Å². The molecule has 0 aliphatic rings. The monoisotopic (exact) mass is 330 g/mol. The number of methoxy groups -OCH3 is 1. The van der Waals surface area contributed by atoms with E-state index in [2.05, 4.69) is 10.1 Å². The van der Waals surface area contributed by atoms with Gasteiger partial charge in [-0.1, -0.05) is 17.4 Å². The molecule has 0 aliphatic heterocycles. The first kappa shape index (κ1) is 15.5. The molecule has 3 rings (SSSR count). The lowest BCUT2D eigenvalue weighted by Crippen LogP contribution is -2.16. The summed E-state index contributed by atoms with van der Waals surface area (Å²) in [6.45, 7) is 4.58. The van der Waals surface area contributed by atoms with Crippen molar-refractivity contribution in [3.8, 4) is 5.75 Å². The maximum absolute atomic E-state index is 12.5. The minimum Gasteiger partial charge on any atom is -0.495 e. The van der Waals surface area contributed by atoms with E-state index in [1.54, 1.807) is 18.8 Å². The minimum atomic E-state index is -0.323. The normalized spacial score (nSPS) is 12.1. The van der Waals surface area contributed by atoms with Gasteiger partial charge in [0, 0.05) is 25.4 Å². The van der Waals surface area contributed by atoms with Crippen LogP contribution < -0.4 is 9.54 Å². The summed E-state index contributed by atoms with van der Waals surface area (Å²) < 4.78 is 10.1. The fourth-order valence-corrected chi connectivity index (χ4v) is 3.71. The van der Waals surface area contributed by atoms with E-state index >= 15 is 0 Å². The van der Waals surface area contributed by atoms with Gasteiger partial charge >= 0.3 is 0 Å². The number of carbonyl (C=O) groups is 1. The molecule has 0 bridgehead atoms. The van der Waals surface area contributed by atoms with Gasteiger partial charge in [-0.3, -0.25) is 9.48 Å². The largest absolute Gasteiger partial charge is 0.495 e. The number of para-hydroxylation sites is 1. The van der Waals surface area contributed by atoms with Crippen LogP contribution in [0.4, 0.5) is 0 Å². The lowest BCUT2D eigenvalue weighted by Gasteiger charge is -2.05. The molecule has 3 aromatic rings. The summed E-state index contributed by atoms with van der Waals surface area (Å²) in [6, 6.07) is 5.85. The first-order valence-corrected chi connectivity index (χ1v) is 8.12. The molecule has 0 spiro atoms. The number of ether oxygens (including phenoxy) is 1. The summed E-state index contributed by atoms with van der Waals surface area (Å²) in [4.78, 5) is 17.4. The number of rotatable bonds is 3. The summed E-state index contributed by atoms with van der Waals surface area (Å²) >= 11 is 1.47. The summed E-state index contributed by atoms with van der Waals surface area (Å²) in [7, 11) is 3.44. The van der Waals surface area contributed by atoms with E-state index in [-0.39, 0.29) is 5.91 Å². The van der Waals surface area contributed by atoms with Gasteiger partial charge in [-0.25, -0.2) is 0 Å². The molecule has 2 heterocycles. The number of nitrogens with zero attached hydrogens (tertiary/aromatic N) is 4. The van der Waals surface area contributed by atoms with Crippen LogP contribution in [0.5, 0.6) is 5.75 Å². The van der Waals surface area contributed by atoms with Crippen LogP contribution in [0.15, 0.2) is 29.4 Å². The van der Waals surface area contributed by atoms with Gasteiger partial charge in [0.2, 0.25) is 0 Å². The summed E-state index contributed by atoms with van der Waals surface area (Å²) in [5.74, 6) is 0.458. The zero-order valence-corrected chi connectivity index (χ0v) is 14.3. The summed E-state index contributed by atoms with van der Waals surface area (Å²) in [6.07, 6.45) is 1.81. The summed E-state index contributed by atoms with van der Waals surface area (Å²) in [5, 5.41) is 4.19. The quantitative estimate of drug-likeness (QED) is 0.741. The number of hydrogen-bond donors (Lipinski definition) is 0. The molecule has 23 heavy (non-hydrogen) atoms. The molecule has 0 atom stereocenters. The predicted molar refractivity (Wildman–Crippen MR) is 89.9 cm³/mol. The smallest absolute Gasteiger partial charge is 0.300 e. The molecule has 0 fully saturated rings. The Kier molecular flexibility index (Phi) is 4.04. The number of aromatic nitrogens is 3. The highest BCUT2D eigenvalue weighted by molar-refractivity contribution is 7.16. The molecule has 1 aromatic carbocycles. The van der Waals surface area contributed by atoms with Gasteiger partial charge in [0.15, 0.2) is 10.5 Å². The Bertz CT molecular complexity index is 949. The Morgan fingerprint density at radius 1 is 1.43 bits per heavy atom. The molecule has 1 amide bonds. The third-order valence-corrected chi connectivity index (χ3v) is 4.66. The molecule has 0 N–H and O–H groups in total. The van der Waals surface area contributed by atoms with E-state index in [1.807, 2.05) is 42.8 Å². The van der Waals surface area contributed by atoms with Crippen LogP contribution in [-0.2, 0) is 13.6 Å². The fraction of sp³-hybridized carbons (Fsp3) is 0.312. The Morgan fingerprint density at radius 3 is 2.83 bits per heavy atom. The van der Waals surface area contributed by atoms with Crippen LogP contribution in [0, 0.1) is 6.92 Å². The van der Waals surface area contributed by atoms with E-state index in [9.17, 15) is 4.79 Å².